The lowest BCUT2D eigenvalue weighted by atomic mass is 9.79. The molecule has 4 heteroatoms. The van der Waals surface area contributed by atoms with E-state index in [4.69, 9.17) is 9.47 Å². The van der Waals surface area contributed by atoms with Gasteiger partial charge >= 0.3 is 11.9 Å². The number of ether oxygens (including phenoxy) is 2. The molecule has 0 aromatic carbocycles. The molecule has 2 fully saturated rings. The Morgan fingerprint density at radius 1 is 0.828 bits per heavy atom. The van der Waals surface area contributed by atoms with E-state index in [2.05, 4.69) is 12.2 Å². The third kappa shape index (κ3) is 3.99. The fourth-order valence-electron chi connectivity index (χ4n) is 5.33. The van der Waals surface area contributed by atoms with E-state index in [1.165, 1.54) is 11.1 Å². The predicted octanol–water partition coefficient (Wildman–Crippen LogP) is 5.06. The van der Waals surface area contributed by atoms with Gasteiger partial charge in [0.25, 0.3) is 0 Å². The molecule has 4 aliphatic carbocycles. The number of rotatable bonds is 4. The molecule has 0 aromatic rings. The summed E-state index contributed by atoms with van der Waals surface area (Å²) in [5, 5.41) is 0. The molecule has 0 radical (unpaired) electrons. The van der Waals surface area contributed by atoms with Crippen molar-refractivity contribution in [2.45, 2.75) is 71.0 Å². The molecule has 6 unspecified atom stereocenters. The zero-order valence-electron chi connectivity index (χ0n) is 17.9. The molecule has 0 heterocycles. The fraction of sp³-hybridized carbons (Fsp3) is 0.600. The minimum atomic E-state index is -0.632. The summed E-state index contributed by atoms with van der Waals surface area (Å²) in [4.78, 5) is 26.4. The topological polar surface area (TPSA) is 52.6 Å². The minimum Gasteiger partial charge on any atom is -0.455 e. The lowest BCUT2D eigenvalue weighted by Crippen LogP contribution is -2.43. The van der Waals surface area contributed by atoms with Crippen LogP contribution in [0.2, 0.25) is 0 Å². The Balaban J connectivity index is 1.48. The summed E-state index contributed by atoms with van der Waals surface area (Å²) in [6.45, 7) is 7.95. The molecule has 6 atom stereocenters. The minimum absolute atomic E-state index is 0.232. The normalized spacial score (nSPS) is 40.4. The zero-order chi connectivity index (χ0) is 20.8. The van der Waals surface area contributed by atoms with Crippen molar-refractivity contribution in [3.63, 3.8) is 0 Å². The van der Waals surface area contributed by atoms with Gasteiger partial charge in [-0.15, -0.1) is 0 Å². The van der Waals surface area contributed by atoms with Gasteiger partial charge in [-0.3, -0.25) is 9.59 Å². The standard InChI is InChI=1S/C25H32O4/c1-16-7-11-24(3,12-8-16)28-22(26)20-18-5-6-19(15-18)21(20)23(27)29-25(4)13-9-17(2)10-14-25/h7-11,13,18-21H,5-6,12,14-15H2,1-4H3. The highest BCUT2D eigenvalue weighted by Crippen LogP contribution is 2.54. The highest BCUT2D eigenvalue weighted by molar-refractivity contribution is 5.84. The molecule has 2 saturated carbocycles. The number of allylic oxidation sites excluding steroid dienone is 4. The van der Waals surface area contributed by atoms with E-state index in [-0.39, 0.29) is 35.6 Å². The molecule has 0 N–H and O–H groups in total. The zero-order valence-corrected chi connectivity index (χ0v) is 17.9. The predicted molar refractivity (Wildman–Crippen MR) is 112 cm³/mol. The smallest absolute Gasteiger partial charge is 0.310 e. The first-order valence-corrected chi connectivity index (χ1v) is 10.9. The highest BCUT2D eigenvalue weighted by Gasteiger charge is 2.56. The Labute approximate surface area is 173 Å². The first kappa shape index (κ1) is 20.2. The number of hydrogen-bond acceptors (Lipinski definition) is 4. The van der Waals surface area contributed by atoms with E-state index in [0.717, 1.165) is 19.3 Å². The van der Waals surface area contributed by atoms with Crippen LogP contribution in [-0.4, -0.2) is 23.1 Å². The average Bonchev–Trinajstić information content (AvgIpc) is 3.28. The highest BCUT2D eigenvalue weighted by atomic mass is 16.6. The number of esters is 2. The molecule has 0 saturated heterocycles. The molecular weight excluding hydrogens is 364 g/mol. The van der Waals surface area contributed by atoms with Gasteiger partial charge in [0.05, 0.1) is 11.8 Å². The summed E-state index contributed by atoms with van der Waals surface area (Å²) in [5.41, 5.74) is 1.09. The fourth-order valence-corrected chi connectivity index (χ4v) is 5.33. The summed E-state index contributed by atoms with van der Waals surface area (Å²) < 4.78 is 11.9. The van der Waals surface area contributed by atoms with Crippen molar-refractivity contribution in [2.24, 2.45) is 23.7 Å². The second kappa shape index (κ2) is 7.30. The Kier molecular flexibility index (Phi) is 5.08. The summed E-state index contributed by atoms with van der Waals surface area (Å²) in [6, 6.07) is 0. The Morgan fingerprint density at radius 3 is 1.59 bits per heavy atom. The molecular formula is C25H32O4. The van der Waals surface area contributed by atoms with Crippen LogP contribution in [0.4, 0.5) is 0 Å². The molecule has 4 aliphatic rings. The van der Waals surface area contributed by atoms with Gasteiger partial charge in [-0.1, -0.05) is 35.5 Å². The summed E-state index contributed by atoms with van der Waals surface area (Å²) in [7, 11) is 0. The third-order valence-corrected chi connectivity index (χ3v) is 7.18. The van der Waals surface area contributed by atoms with Crippen molar-refractivity contribution in [1.82, 2.24) is 0 Å². The summed E-state index contributed by atoms with van der Waals surface area (Å²) in [5.74, 6) is -0.775. The molecule has 29 heavy (non-hydrogen) atoms. The van der Waals surface area contributed by atoms with Crippen molar-refractivity contribution < 1.29 is 19.1 Å². The van der Waals surface area contributed by atoms with Gasteiger partial charge in [-0.05, 0) is 70.9 Å². The Hall–Kier alpha value is -2.10. The molecule has 156 valence electrons. The Morgan fingerprint density at radius 2 is 1.24 bits per heavy atom. The van der Waals surface area contributed by atoms with Gasteiger partial charge in [0.15, 0.2) is 0 Å². The lowest BCUT2D eigenvalue weighted by Gasteiger charge is -2.35. The second-order valence-corrected chi connectivity index (χ2v) is 9.82. The van der Waals surface area contributed by atoms with Crippen LogP contribution < -0.4 is 0 Å². The first-order valence-electron chi connectivity index (χ1n) is 10.9. The van der Waals surface area contributed by atoms with Crippen LogP contribution in [0.5, 0.6) is 0 Å². The molecule has 0 spiro atoms. The van der Waals surface area contributed by atoms with Crippen LogP contribution in [0.1, 0.15) is 59.8 Å². The number of carbonyl (C=O) groups excluding carboxylic acids is 2. The van der Waals surface area contributed by atoms with Gasteiger partial charge in [-0.2, -0.15) is 0 Å². The van der Waals surface area contributed by atoms with Gasteiger partial charge in [0.2, 0.25) is 0 Å². The maximum Gasteiger partial charge on any atom is 0.310 e. The van der Waals surface area contributed by atoms with Crippen LogP contribution in [0.3, 0.4) is 0 Å². The number of hydrogen-bond donors (Lipinski definition) is 0. The van der Waals surface area contributed by atoms with Crippen LogP contribution >= 0.6 is 0 Å². The SMILES string of the molecule is CC1=CCC(C)(OC(=O)C2C3CCC(C3)C2C(=O)OC2(C)C=CC(C)=CC2)C=C1. The average molecular weight is 397 g/mol. The van der Waals surface area contributed by atoms with E-state index >= 15 is 0 Å². The maximum absolute atomic E-state index is 13.2. The molecule has 0 amide bonds. The Bertz CT molecular complexity index is 764. The van der Waals surface area contributed by atoms with Crippen molar-refractivity contribution in [3.8, 4) is 0 Å². The molecule has 4 nitrogen and oxygen atoms in total. The van der Waals surface area contributed by atoms with Crippen LogP contribution in [0.15, 0.2) is 47.6 Å². The van der Waals surface area contributed by atoms with Crippen LogP contribution in [0, 0.1) is 23.7 Å². The van der Waals surface area contributed by atoms with E-state index in [1.54, 1.807) is 0 Å². The molecule has 2 bridgehead atoms. The first-order chi connectivity index (χ1) is 13.7. The van der Waals surface area contributed by atoms with E-state index in [0.29, 0.717) is 12.8 Å². The van der Waals surface area contributed by atoms with Gasteiger partial charge in [0.1, 0.15) is 11.2 Å². The van der Waals surface area contributed by atoms with Gasteiger partial charge in [0, 0.05) is 12.8 Å². The van der Waals surface area contributed by atoms with E-state index in [1.807, 2.05) is 52.0 Å². The van der Waals surface area contributed by atoms with Gasteiger partial charge < -0.3 is 9.47 Å². The summed E-state index contributed by atoms with van der Waals surface area (Å²) >= 11 is 0. The number of fused-ring (bicyclic) bond motifs is 2. The van der Waals surface area contributed by atoms with Crippen LogP contribution in [-0.2, 0) is 19.1 Å². The molecule has 0 aliphatic heterocycles. The van der Waals surface area contributed by atoms with E-state index < -0.39 is 11.2 Å². The van der Waals surface area contributed by atoms with E-state index in [9.17, 15) is 9.59 Å². The summed E-state index contributed by atoms with van der Waals surface area (Å²) in [6.07, 6.45) is 16.4. The van der Waals surface area contributed by atoms with Crippen molar-refractivity contribution >= 4 is 11.9 Å². The maximum atomic E-state index is 13.2. The monoisotopic (exact) mass is 396 g/mol. The third-order valence-electron chi connectivity index (χ3n) is 7.18. The number of carbonyl (C=O) groups is 2. The quantitative estimate of drug-likeness (QED) is 0.623. The van der Waals surface area contributed by atoms with Crippen molar-refractivity contribution in [1.29, 1.82) is 0 Å². The largest absolute Gasteiger partial charge is 0.455 e. The van der Waals surface area contributed by atoms with Crippen molar-refractivity contribution in [2.75, 3.05) is 0 Å². The second-order valence-electron chi connectivity index (χ2n) is 9.82. The van der Waals surface area contributed by atoms with Gasteiger partial charge in [-0.25, -0.2) is 0 Å². The molecule has 0 aromatic heterocycles. The van der Waals surface area contributed by atoms with Crippen LogP contribution in [0.25, 0.3) is 0 Å². The lowest BCUT2D eigenvalue weighted by molar-refractivity contribution is -0.174. The molecule has 4 rings (SSSR count). The van der Waals surface area contributed by atoms with Crippen molar-refractivity contribution in [3.05, 3.63) is 47.6 Å².